The molecule has 70 valence electrons. The predicted octanol–water partition coefficient (Wildman–Crippen LogP) is 1.55. The summed E-state index contributed by atoms with van der Waals surface area (Å²) in [6.45, 7) is 0.537. The van der Waals surface area contributed by atoms with Gasteiger partial charge in [-0.15, -0.1) is 0 Å². The molecule has 3 N–H and O–H groups in total. The number of primary amides is 1. The number of carbonyl (C=O) groups is 1. The maximum absolute atomic E-state index is 10.3. The summed E-state index contributed by atoms with van der Waals surface area (Å²) in [5.74, 6) is 0. The molecule has 0 saturated heterocycles. The van der Waals surface area contributed by atoms with Crippen LogP contribution < -0.4 is 11.1 Å². The van der Waals surface area contributed by atoms with Crippen LogP contribution in [0.2, 0.25) is 5.02 Å². The Labute approximate surface area is 81.9 Å². The van der Waals surface area contributed by atoms with E-state index in [0.29, 0.717) is 11.6 Å². The lowest BCUT2D eigenvalue weighted by Gasteiger charge is -2.02. The van der Waals surface area contributed by atoms with Gasteiger partial charge in [0, 0.05) is 11.6 Å². The molecule has 0 aliphatic rings. The van der Waals surface area contributed by atoms with Gasteiger partial charge in [-0.25, -0.2) is 4.79 Å². The van der Waals surface area contributed by atoms with Gasteiger partial charge in [-0.2, -0.15) is 0 Å². The molecule has 0 aliphatic heterocycles. The number of halogens is 1. The monoisotopic (exact) mass is 198 g/mol. The van der Waals surface area contributed by atoms with Gasteiger partial charge in [0.05, 0.1) is 0 Å². The molecule has 2 amide bonds. The molecule has 4 heteroatoms. The van der Waals surface area contributed by atoms with Crippen molar-refractivity contribution >= 4 is 17.6 Å². The third-order valence-electron chi connectivity index (χ3n) is 1.60. The first-order chi connectivity index (χ1) is 6.18. The van der Waals surface area contributed by atoms with Crippen molar-refractivity contribution in [2.24, 2.45) is 5.73 Å². The van der Waals surface area contributed by atoms with E-state index in [1.165, 1.54) is 0 Å². The minimum absolute atomic E-state index is 0.498. The zero-order valence-electron chi connectivity index (χ0n) is 7.09. The fourth-order valence-electron chi connectivity index (χ4n) is 1.02. The SMILES string of the molecule is NC(=O)NCCc1cccc(Cl)c1. The number of urea groups is 1. The highest BCUT2D eigenvalue weighted by atomic mass is 35.5. The normalized spacial score (nSPS) is 9.62. The van der Waals surface area contributed by atoms with Crippen LogP contribution in [0.15, 0.2) is 24.3 Å². The van der Waals surface area contributed by atoms with Gasteiger partial charge in [-0.05, 0) is 24.1 Å². The first-order valence-electron chi connectivity index (χ1n) is 3.96. The minimum atomic E-state index is -0.498. The van der Waals surface area contributed by atoms with Crippen molar-refractivity contribution in [2.75, 3.05) is 6.54 Å². The molecule has 0 heterocycles. The molecule has 0 aromatic heterocycles. The number of amides is 2. The van der Waals surface area contributed by atoms with Gasteiger partial charge in [0.2, 0.25) is 0 Å². The van der Waals surface area contributed by atoms with E-state index in [1.807, 2.05) is 24.3 Å². The number of hydrogen-bond donors (Lipinski definition) is 2. The lowest BCUT2D eigenvalue weighted by Crippen LogP contribution is -2.30. The second kappa shape index (κ2) is 4.72. The van der Waals surface area contributed by atoms with Crippen molar-refractivity contribution < 1.29 is 4.79 Å². The Kier molecular flexibility index (Phi) is 3.58. The Morgan fingerprint density at radius 3 is 2.92 bits per heavy atom. The van der Waals surface area contributed by atoms with Crippen LogP contribution in [-0.4, -0.2) is 12.6 Å². The van der Waals surface area contributed by atoms with E-state index < -0.39 is 6.03 Å². The molecule has 13 heavy (non-hydrogen) atoms. The average Bonchev–Trinajstić information content (AvgIpc) is 2.03. The average molecular weight is 199 g/mol. The van der Waals surface area contributed by atoms with Gasteiger partial charge < -0.3 is 11.1 Å². The predicted molar refractivity (Wildman–Crippen MR) is 52.7 cm³/mol. The van der Waals surface area contributed by atoms with Crippen LogP contribution in [0.3, 0.4) is 0 Å². The van der Waals surface area contributed by atoms with Gasteiger partial charge in [0.25, 0.3) is 0 Å². The van der Waals surface area contributed by atoms with Crippen LogP contribution in [0.25, 0.3) is 0 Å². The third-order valence-corrected chi connectivity index (χ3v) is 1.84. The van der Waals surface area contributed by atoms with Crippen LogP contribution in [0.4, 0.5) is 4.79 Å². The summed E-state index contributed by atoms with van der Waals surface area (Å²) in [5, 5.41) is 3.21. The topological polar surface area (TPSA) is 55.1 Å². The second-order valence-electron chi connectivity index (χ2n) is 2.67. The standard InChI is InChI=1S/C9H11ClN2O/c10-8-3-1-2-7(6-8)4-5-12-9(11)13/h1-3,6H,4-5H2,(H3,11,12,13). The molecule has 0 aliphatic carbocycles. The molecule has 3 nitrogen and oxygen atoms in total. The number of rotatable bonds is 3. The summed E-state index contributed by atoms with van der Waals surface area (Å²) in [7, 11) is 0. The lowest BCUT2D eigenvalue weighted by molar-refractivity contribution is 0.249. The third kappa shape index (κ3) is 3.80. The van der Waals surface area contributed by atoms with Crippen molar-refractivity contribution in [2.45, 2.75) is 6.42 Å². The number of benzene rings is 1. The fraction of sp³-hybridized carbons (Fsp3) is 0.222. The Balaban J connectivity index is 2.41. The van der Waals surface area contributed by atoms with Crippen molar-refractivity contribution in [1.29, 1.82) is 0 Å². The molecule has 0 radical (unpaired) electrons. The van der Waals surface area contributed by atoms with Crippen molar-refractivity contribution in [3.8, 4) is 0 Å². The van der Waals surface area contributed by atoms with Crippen LogP contribution in [-0.2, 0) is 6.42 Å². The molecule has 1 aromatic carbocycles. The van der Waals surface area contributed by atoms with E-state index in [-0.39, 0.29) is 0 Å². The smallest absolute Gasteiger partial charge is 0.312 e. The van der Waals surface area contributed by atoms with Crippen LogP contribution in [0.5, 0.6) is 0 Å². The van der Waals surface area contributed by atoms with E-state index in [4.69, 9.17) is 17.3 Å². The molecule has 1 aromatic rings. The van der Waals surface area contributed by atoms with E-state index in [1.54, 1.807) is 0 Å². The molecule has 0 spiro atoms. The molecule has 0 unspecified atom stereocenters. The van der Waals surface area contributed by atoms with Gasteiger partial charge in [0.15, 0.2) is 0 Å². The Morgan fingerprint density at radius 1 is 1.54 bits per heavy atom. The second-order valence-corrected chi connectivity index (χ2v) is 3.11. The molecular formula is C9H11ClN2O. The zero-order valence-corrected chi connectivity index (χ0v) is 7.84. The highest BCUT2D eigenvalue weighted by Crippen LogP contribution is 2.10. The van der Waals surface area contributed by atoms with E-state index in [9.17, 15) is 4.79 Å². The highest BCUT2D eigenvalue weighted by molar-refractivity contribution is 6.30. The van der Waals surface area contributed by atoms with E-state index in [0.717, 1.165) is 12.0 Å². The highest BCUT2D eigenvalue weighted by Gasteiger charge is 1.95. The fourth-order valence-corrected chi connectivity index (χ4v) is 1.24. The minimum Gasteiger partial charge on any atom is -0.352 e. The molecule has 0 atom stereocenters. The van der Waals surface area contributed by atoms with Crippen molar-refractivity contribution in [1.82, 2.24) is 5.32 Å². The molecule has 0 bridgehead atoms. The first-order valence-corrected chi connectivity index (χ1v) is 4.34. The maximum Gasteiger partial charge on any atom is 0.312 e. The van der Waals surface area contributed by atoms with Crippen molar-refractivity contribution in [3.63, 3.8) is 0 Å². The van der Waals surface area contributed by atoms with Crippen LogP contribution in [0, 0.1) is 0 Å². The zero-order chi connectivity index (χ0) is 9.68. The summed E-state index contributed by atoms with van der Waals surface area (Å²) in [6.07, 6.45) is 0.740. The molecule has 1 rings (SSSR count). The number of carbonyl (C=O) groups excluding carboxylic acids is 1. The lowest BCUT2D eigenvalue weighted by atomic mass is 10.1. The van der Waals surface area contributed by atoms with Gasteiger partial charge in [0.1, 0.15) is 0 Å². The van der Waals surface area contributed by atoms with Crippen LogP contribution >= 0.6 is 11.6 Å². The Bertz CT molecular complexity index is 301. The summed E-state index contributed by atoms with van der Waals surface area (Å²) < 4.78 is 0. The van der Waals surface area contributed by atoms with Gasteiger partial charge in [-0.1, -0.05) is 23.7 Å². The number of nitrogens with two attached hydrogens (primary N) is 1. The van der Waals surface area contributed by atoms with Crippen LogP contribution in [0.1, 0.15) is 5.56 Å². The maximum atomic E-state index is 10.3. The van der Waals surface area contributed by atoms with Gasteiger partial charge >= 0.3 is 6.03 Å². The molecule has 0 saturated carbocycles. The van der Waals surface area contributed by atoms with Gasteiger partial charge in [-0.3, -0.25) is 0 Å². The van der Waals surface area contributed by atoms with E-state index in [2.05, 4.69) is 5.32 Å². The Hall–Kier alpha value is -1.22. The summed E-state index contributed by atoms with van der Waals surface area (Å²) in [5.41, 5.74) is 5.99. The summed E-state index contributed by atoms with van der Waals surface area (Å²) in [6, 6.07) is 7.01. The molecular weight excluding hydrogens is 188 g/mol. The number of nitrogens with one attached hydrogen (secondary N) is 1. The Morgan fingerprint density at radius 2 is 2.31 bits per heavy atom. The largest absolute Gasteiger partial charge is 0.352 e. The quantitative estimate of drug-likeness (QED) is 0.761. The van der Waals surface area contributed by atoms with Crippen molar-refractivity contribution in [3.05, 3.63) is 34.9 Å². The number of hydrogen-bond acceptors (Lipinski definition) is 1. The molecule has 0 fully saturated rings. The summed E-state index contributed by atoms with van der Waals surface area (Å²) >= 11 is 5.77. The van der Waals surface area contributed by atoms with E-state index >= 15 is 0 Å². The first kappa shape index (κ1) is 9.86. The summed E-state index contributed by atoms with van der Waals surface area (Å²) in [4.78, 5) is 10.3.